The fourth-order valence-electron chi connectivity index (χ4n) is 7.84. The summed E-state index contributed by atoms with van der Waals surface area (Å²) in [6.07, 6.45) is 0. The van der Waals surface area contributed by atoms with Gasteiger partial charge in [0.15, 0.2) is 0 Å². The summed E-state index contributed by atoms with van der Waals surface area (Å²) in [6, 6.07) is 61.6. The number of furan rings is 1. The Morgan fingerprint density at radius 1 is 0.298 bits per heavy atom. The van der Waals surface area contributed by atoms with Crippen molar-refractivity contribution in [2.24, 2.45) is 0 Å². The Bertz CT molecular complexity index is 2730. The van der Waals surface area contributed by atoms with Crippen LogP contribution in [0.5, 0.6) is 0 Å². The van der Waals surface area contributed by atoms with Crippen LogP contribution >= 0.6 is 0 Å². The Hall–Kier alpha value is -6.18. The van der Waals surface area contributed by atoms with Crippen LogP contribution in [0.25, 0.3) is 98.8 Å². The van der Waals surface area contributed by atoms with E-state index in [0.29, 0.717) is 0 Å². The third-order valence-electron chi connectivity index (χ3n) is 9.84. The van der Waals surface area contributed by atoms with Crippen molar-refractivity contribution in [1.29, 1.82) is 0 Å². The van der Waals surface area contributed by atoms with E-state index < -0.39 is 0 Å². The zero-order valence-electron chi connectivity index (χ0n) is 25.6. The van der Waals surface area contributed by atoms with E-state index in [2.05, 4.69) is 170 Å². The van der Waals surface area contributed by atoms with Crippen molar-refractivity contribution >= 4 is 54.3 Å². The Labute approximate surface area is 272 Å². The predicted molar refractivity (Wildman–Crippen MR) is 199 cm³/mol. The van der Waals surface area contributed by atoms with Gasteiger partial charge in [0.05, 0.1) is 0 Å². The highest BCUT2D eigenvalue weighted by molar-refractivity contribution is 6.25. The van der Waals surface area contributed by atoms with Gasteiger partial charge in [-0.2, -0.15) is 0 Å². The van der Waals surface area contributed by atoms with E-state index in [-0.39, 0.29) is 0 Å². The maximum atomic E-state index is 6.28. The quantitative estimate of drug-likeness (QED) is 0.145. The minimum absolute atomic E-state index is 0.940. The van der Waals surface area contributed by atoms with E-state index in [1.54, 1.807) is 0 Å². The maximum Gasteiger partial charge on any atom is 0.136 e. The molecule has 0 radical (unpaired) electrons. The van der Waals surface area contributed by atoms with Gasteiger partial charge in [0.25, 0.3) is 0 Å². The van der Waals surface area contributed by atoms with Crippen molar-refractivity contribution in [3.05, 3.63) is 170 Å². The molecule has 0 amide bonds. The van der Waals surface area contributed by atoms with E-state index in [1.807, 2.05) is 0 Å². The lowest BCUT2D eigenvalue weighted by molar-refractivity contribution is 0.669. The average molecular weight is 597 g/mol. The molecule has 218 valence electrons. The lowest BCUT2D eigenvalue weighted by Gasteiger charge is -2.20. The molecule has 10 aromatic rings. The third kappa shape index (κ3) is 3.90. The molecule has 47 heavy (non-hydrogen) atoms. The van der Waals surface area contributed by atoms with Gasteiger partial charge in [0.1, 0.15) is 11.2 Å². The highest BCUT2D eigenvalue weighted by Gasteiger charge is 2.20. The molecule has 0 N–H and O–H groups in total. The van der Waals surface area contributed by atoms with Gasteiger partial charge in [0.2, 0.25) is 0 Å². The van der Waals surface area contributed by atoms with Crippen LogP contribution in [-0.4, -0.2) is 0 Å². The van der Waals surface area contributed by atoms with Crippen molar-refractivity contribution in [3.63, 3.8) is 0 Å². The van der Waals surface area contributed by atoms with Gasteiger partial charge in [-0.25, -0.2) is 0 Å². The summed E-state index contributed by atoms with van der Waals surface area (Å²) in [7, 11) is 0. The summed E-state index contributed by atoms with van der Waals surface area (Å²) >= 11 is 0. The smallest absolute Gasteiger partial charge is 0.136 e. The summed E-state index contributed by atoms with van der Waals surface area (Å²) in [4.78, 5) is 0. The maximum absolute atomic E-state index is 6.28. The first-order chi connectivity index (χ1) is 23.3. The normalized spacial score (nSPS) is 11.8. The Kier molecular flexibility index (Phi) is 5.64. The van der Waals surface area contributed by atoms with Crippen LogP contribution < -0.4 is 0 Å². The van der Waals surface area contributed by atoms with Gasteiger partial charge in [-0.3, -0.25) is 0 Å². The van der Waals surface area contributed by atoms with Gasteiger partial charge < -0.3 is 4.42 Å². The number of benzene rings is 9. The zero-order valence-corrected chi connectivity index (χ0v) is 25.6. The fourth-order valence-corrected chi connectivity index (χ4v) is 7.84. The first kappa shape index (κ1) is 26.1. The molecule has 0 saturated heterocycles. The molecule has 9 aromatic carbocycles. The molecule has 0 aliphatic carbocycles. The van der Waals surface area contributed by atoms with Crippen molar-refractivity contribution in [2.45, 2.75) is 0 Å². The second-order valence-electron chi connectivity index (χ2n) is 12.4. The summed E-state index contributed by atoms with van der Waals surface area (Å²) in [5.74, 6) is 0. The molecular weight excluding hydrogens is 569 g/mol. The Morgan fingerprint density at radius 2 is 0.894 bits per heavy atom. The average Bonchev–Trinajstić information content (AvgIpc) is 3.53. The Balaban J connectivity index is 1.23. The molecule has 0 bridgehead atoms. The molecule has 0 fully saturated rings. The standard InChI is InChI=1S/C46H28O/c1-2-12-29(13-3-1)33-17-4-5-18-35(33)45-38-21-8-6-19-36(38)43(37-20-7-9-22-39(37)45)32-16-10-15-31(28-32)34-26-27-42-46-40(34)25-24-30-14-11-23-41(47-42)44(30)46/h1-28H. The monoisotopic (exact) mass is 596 g/mol. The number of hydrogen-bond donors (Lipinski definition) is 0. The van der Waals surface area contributed by atoms with Crippen LogP contribution in [0.3, 0.4) is 0 Å². The van der Waals surface area contributed by atoms with Crippen LogP contribution in [0.4, 0.5) is 0 Å². The molecule has 0 unspecified atom stereocenters. The summed E-state index contributed by atoms with van der Waals surface area (Å²) in [6.45, 7) is 0. The van der Waals surface area contributed by atoms with E-state index in [1.165, 1.54) is 87.6 Å². The van der Waals surface area contributed by atoms with Gasteiger partial charge in [-0.1, -0.05) is 152 Å². The largest absolute Gasteiger partial charge is 0.456 e. The van der Waals surface area contributed by atoms with Crippen LogP contribution in [0.2, 0.25) is 0 Å². The second kappa shape index (κ2) is 10.2. The topological polar surface area (TPSA) is 13.1 Å². The zero-order chi connectivity index (χ0) is 30.9. The summed E-state index contributed by atoms with van der Waals surface area (Å²) < 4.78 is 6.28. The van der Waals surface area contributed by atoms with Gasteiger partial charge in [-0.05, 0) is 95.0 Å². The summed E-state index contributed by atoms with van der Waals surface area (Å²) in [5, 5.41) is 9.87. The second-order valence-corrected chi connectivity index (χ2v) is 12.4. The van der Waals surface area contributed by atoms with Crippen molar-refractivity contribution in [3.8, 4) is 44.5 Å². The molecule has 1 heterocycles. The van der Waals surface area contributed by atoms with Crippen LogP contribution in [0.1, 0.15) is 0 Å². The lowest BCUT2D eigenvalue weighted by atomic mass is 9.83. The number of fused-ring (bicyclic) bond motifs is 2. The Morgan fingerprint density at radius 3 is 1.66 bits per heavy atom. The van der Waals surface area contributed by atoms with Gasteiger partial charge in [0, 0.05) is 10.8 Å². The minimum atomic E-state index is 0.940. The SMILES string of the molecule is c1ccc(-c2ccccc2-c2c3ccccc3c(-c3cccc(-c4ccc5oc6cccc7ccc4c5c76)c3)c3ccccc23)cc1. The van der Waals surface area contributed by atoms with Gasteiger partial charge >= 0.3 is 0 Å². The predicted octanol–water partition coefficient (Wildman–Crippen LogP) is 13.2. The van der Waals surface area contributed by atoms with Crippen molar-refractivity contribution in [1.82, 2.24) is 0 Å². The molecule has 0 saturated carbocycles. The highest BCUT2D eigenvalue weighted by atomic mass is 16.3. The molecule has 0 aliphatic heterocycles. The molecule has 10 rings (SSSR count). The van der Waals surface area contributed by atoms with Crippen molar-refractivity contribution < 1.29 is 4.42 Å². The van der Waals surface area contributed by atoms with E-state index >= 15 is 0 Å². The molecule has 1 heteroatoms. The fraction of sp³-hybridized carbons (Fsp3) is 0. The van der Waals surface area contributed by atoms with Gasteiger partial charge in [-0.15, -0.1) is 0 Å². The molecule has 0 spiro atoms. The molecular formula is C46H28O. The summed E-state index contributed by atoms with van der Waals surface area (Å²) in [5.41, 5.74) is 11.8. The van der Waals surface area contributed by atoms with E-state index in [9.17, 15) is 0 Å². The van der Waals surface area contributed by atoms with E-state index in [4.69, 9.17) is 4.42 Å². The third-order valence-corrected chi connectivity index (χ3v) is 9.84. The first-order valence-corrected chi connectivity index (χ1v) is 16.2. The van der Waals surface area contributed by atoms with Crippen LogP contribution in [-0.2, 0) is 0 Å². The van der Waals surface area contributed by atoms with Crippen molar-refractivity contribution in [2.75, 3.05) is 0 Å². The first-order valence-electron chi connectivity index (χ1n) is 16.2. The highest BCUT2D eigenvalue weighted by Crippen LogP contribution is 2.47. The van der Waals surface area contributed by atoms with Crippen LogP contribution in [0, 0.1) is 0 Å². The number of rotatable bonds is 4. The van der Waals surface area contributed by atoms with Crippen LogP contribution in [0.15, 0.2) is 174 Å². The number of hydrogen-bond acceptors (Lipinski definition) is 1. The molecule has 0 atom stereocenters. The minimum Gasteiger partial charge on any atom is -0.456 e. The van der Waals surface area contributed by atoms with E-state index in [0.717, 1.165) is 11.2 Å². The molecule has 0 aliphatic rings. The lowest BCUT2D eigenvalue weighted by Crippen LogP contribution is -1.93. The molecule has 1 aromatic heterocycles. The molecule has 1 nitrogen and oxygen atoms in total.